The number of aryl methyl sites for hydroxylation is 1. The zero-order valence-electron chi connectivity index (χ0n) is 15.1. The molecule has 0 spiro atoms. The summed E-state index contributed by atoms with van der Waals surface area (Å²) in [6.45, 7) is 3.63. The van der Waals surface area contributed by atoms with E-state index in [2.05, 4.69) is 10.4 Å². The highest BCUT2D eigenvalue weighted by molar-refractivity contribution is 6.35. The van der Waals surface area contributed by atoms with Crippen molar-refractivity contribution in [1.82, 2.24) is 9.78 Å². The van der Waals surface area contributed by atoms with Crippen LogP contribution in [0.2, 0.25) is 10.0 Å². The Kier molecular flexibility index (Phi) is 5.67. The molecule has 1 heterocycles. The van der Waals surface area contributed by atoms with Gasteiger partial charge in [-0.3, -0.25) is 19.6 Å². The van der Waals surface area contributed by atoms with Gasteiger partial charge in [-0.05, 0) is 49.7 Å². The molecule has 0 aliphatic heterocycles. The molecule has 0 aliphatic carbocycles. The van der Waals surface area contributed by atoms with Crippen LogP contribution in [0.1, 0.15) is 27.3 Å². The van der Waals surface area contributed by atoms with Crippen molar-refractivity contribution in [3.63, 3.8) is 0 Å². The number of benzene rings is 2. The predicted molar refractivity (Wildman–Crippen MR) is 108 cm³/mol. The lowest BCUT2D eigenvalue weighted by atomic mass is 10.1. The Morgan fingerprint density at radius 3 is 2.46 bits per heavy atom. The molecule has 0 radical (unpaired) electrons. The van der Waals surface area contributed by atoms with Gasteiger partial charge in [0, 0.05) is 10.6 Å². The average Bonchev–Trinajstić information content (AvgIpc) is 2.92. The fourth-order valence-corrected chi connectivity index (χ4v) is 3.16. The lowest BCUT2D eigenvalue weighted by molar-refractivity contribution is -0.386. The quantitative estimate of drug-likeness (QED) is 0.465. The maximum absolute atomic E-state index is 12.4. The molecule has 3 rings (SSSR count). The Balaban J connectivity index is 1.75. The summed E-state index contributed by atoms with van der Waals surface area (Å²) < 4.78 is 1.58. The average molecular weight is 419 g/mol. The highest BCUT2D eigenvalue weighted by Crippen LogP contribution is 2.26. The molecule has 0 aliphatic rings. The molecule has 9 heteroatoms. The first-order valence-corrected chi connectivity index (χ1v) is 9.05. The van der Waals surface area contributed by atoms with Crippen molar-refractivity contribution in [2.75, 3.05) is 5.32 Å². The molecule has 28 heavy (non-hydrogen) atoms. The van der Waals surface area contributed by atoms with Gasteiger partial charge in [0.15, 0.2) is 0 Å². The second-order valence-corrected chi connectivity index (χ2v) is 7.05. The van der Waals surface area contributed by atoms with Crippen LogP contribution in [0.5, 0.6) is 0 Å². The first kappa shape index (κ1) is 19.9. The summed E-state index contributed by atoms with van der Waals surface area (Å²) in [7, 11) is 0. The summed E-state index contributed by atoms with van der Waals surface area (Å²) in [6, 6.07) is 11.7. The number of amides is 1. The molecule has 3 aromatic rings. The number of carbonyl (C=O) groups excluding carboxylic acids is 1. The third-order valence-electron chi connectivity index (χ3n) is 4.25. The number of nitrogens with zero attached hydrogens (tertiary/aromatic N) is 3. The number of hydrogen-bond acceptors (Lipinski definition) is 4. The highest BCUT2D eigenvalue weighted by Gasteiger charge is 2.21. The molecule has 0 saturated heterocycles. The van der Waals surface area contributed by atoms with Gasteiger partial charge < -0.3 is 5.32 Å². The van der Waals surface area contributed by atoms with E-state index >= 15 is 0 Å². The van der Waals surface area contributed by atoms with Gasteiger partial charge in [-0.1, -0.05) is 35.3 Å². The number of halogens is 2. The van der Waals surface area contributed by atoms with E-state index in [4.69, 9.17) is 23.2 Å². The van der Waals surface area contributed by atoms with Crippen molar-refractivity contribution in [2.45, 2.75) is 20.4 Å². The van der Waals surface area contributed by atoms with Gasteiger partial charge in [0.2, 0.25) is 0 Å². The standard InChI is InChI=1S/C19H16Cl2N4O3/c1-11-18(25(27)28)12(2)24(23-11)10-13-3-5-14(6-4-13)19(26)22-17-9-15(20)7-8-16(17)21/h3-9H,10H2,1-2H3,(H,22,26). The molecular weight excluding hydrogens is 403 g/mol. The summed E-state index contributed by atoms with van der Waals surface area (Å²) in [6.07, 6.45) is 0. The van der Waals surface area contributed by atoms with E-state index in [0.717, 1.165) is 5.56 Å². The van der Waals surface area contributed by atoms with Crippen LogP contribution < -0.4 is 5.32 Å². The van der Waals surface area contributed by atoms with Crippen LogP contribution in [0.15, 0.2) is 42.5 Å². The number of anilines is 1. The SMILES string of the molecule is Cc1nn(Cc2ccc(C(=O)Nc3cc(Cl)ccc3Cl)cc2)c(C)c1[N+](=O)[O-]. The Hall–Kier alpha value is -2.90. The second-order valence-electron chi connectivity index (χ2n) is 6.21. The van der Waals surface area contributed by atoms with Gasteiger partial charge in [0.1, 0.15) is 11.4 Å². The number of nitro groups is 1. The summed E-state index contributed by atoms with van der Waals surface area (Å²) in [5.74, 6) is -0.322. The first-order chi connectivity index (χ1) is 13.3. The van der Waals surface area contributed by atoms with E-state index in [9.17, 15) is 14.9 Å². The molecule has 1 amide bonds. The molecule has 2 aromatic carbocycles. The van der Waals surface area contributed by atoms with Gasteiger partial charge >= 0.3 is 5.69 Å². The van der Waals surface area contributed by atoms with E-state index < -0.39 is 4.92 Å². The molecule has 0 bridgehead atoms. The van der Waals surface area contributed by atoms with E-state index in [1.165, 1.54) is 0 Å². The van der Waals surface area contributed by atoms with Crippen LogP contribution in [0.25, 0.3) is 0 Å². The van der Waals surface area contributed by atoms with Crippen molar-refractivity contribution >= 4 is 40.5 Å². The maximum Gasteiger partial charge on any atom is 0.312 e. The molecule has 0 atom stereocenters. The molecule has 0 unspecified atom stereocenters. The predicted octanol–water partition coefficient (Wildman–Crippen LogP) is 5.02. The Labute approximate surface area is 171 Å². The fraction of sp³-hybridized carbons (Fsp3) is 0.158. The van der Waals surface area contributed by atoms with Crippen LogP contribution in [0.4, 0.5) is 11.4 Å². The monoisotopic (exact) mass is 418 g/mol. The van der Waals surface area contributed by atoms with Crippen LogP contribution in [-0.4, -0.2) is 20.6 Å². The number of hydrogen-bond donors (Lipinski definition) is 1. The van der Waals surface area contributed by atoms with E-state index in [-0.39, 0.29) is 11.6 Å². The number of aromatic nitrogens is 2. The Morgan fingerprint density at radius 2 is 1.86 bits per heavy atom. The molecule has 7 nitrogen and oxygen atoms in total. The molecular formula is C19H16Cl2N4O3. The topological polar surface area (TPSA) is 90.1 Å². The number of carbonyl (C=O) groups is 1. The van der Waals surface area contributed by atoms with Gasteiger partial charge in [0.25, 0.3) is 5.91 Å². The Morgan fingerprint density at radius 1 is 1.18 bits per heavy atom. The minimum Gasteiger partial charge on any atom is -0.321 e. The number of rotatable bonds is 5. The van der Waals surface area contributed by atoms with Crippen molar-refractivity contribution in [3.8, 4) is 0 Å². The third kappa shape index (κ3) is 4.16. The van der Waals surface area contributed by atoms with E-state index in [1.54, 1.807) is 61.0 Å². The van der Waals surface area contributed by atoms with E-state index in [0.29, 0.717) is 39.2 Å². The maximum atomic E-state index is 12.4. The van der Waals surface area contributed by atoms with Crippen molar-refractivity contribution < 1.29 is 9.72 Å². The molecule has 0 fully saturated rings. The number of nitrogens with one attached hydrogen (secondary N) is 1. The molecule has 144 valence electrons. The third-order valence-corrected chi connectivity index (χ3v) is 4.82. The molecule has 1 N–H and O–H groups in total. The van der Waals surface area contributed by atoms with Crippen LogP contribution in [0, 0.1) is 24.0 Å². The van der Waals surface area contributed by atoms with Gasteiger partial charge in [-0.25, -0.2) is 0 Å². The summed E-state index contributed by atoms with van der Waals surface area (Å²) in [4.78, 5) is 23.1. The minimum atomic E-state index is -0.428. The van der Waals surface area contributed by atoms with E-state index in [1.807, 2.05) is 0 Å². The van der Waals surface area contributed by atoms with Crippen molar-refractivity contribution in [2.24, 2.45) is 0 Å². The van der Waals surface area contributed by atoms with Gasteiger partial charge in [-0.2, -0.15) is 5.10 Å². The van der Waals surface area contributed by atoms with Gasteiger partial charge in [0.05, 0.1) is 22.2 Å². The first-order valence-electron chi connectivity index (χ1n) is 8.30. The van der Waals surface area contributed by atoms with Crippen LogP contribution >= 0.6 is 23.2 Å². The molecule has 1 aromatic heterocycles. The minimum absolute atomic E-state index is 0.0226. The zero-order chi connectivity index (χ0) is 20.4. The largest absolute Gasteiger partial charge is 0.321 e. The second kappa shape index (κ2) is 8.00. The van der Waals surface area contributed by atoms with Crippen molar-refractivity contribution in [3.05, 3.63) is 85.1 Å². The summed E-state index contributed by atoms with van der Waals surface area (Å²) in [5.41, 5.74) is 2.61. The lowest BCUT2D eigenvalue weighted by Gasteiger charge is -2.09. The molecule has 0 saturated carbocycles. The highest BCUT2D eigenvalue weighted by atomic mass is 35.5. The normalized spacial score (nSPS) is 10.7. The summed E-state index contributed by atoms with van der Waals surface area (Å²) >= 11 is 12.0. The van der Waals surface area contributed by atoms with Crippen LogP contribution in [-0.2, 0) is 6.54 Å². The van der Waals surface area contributed by atoms with Crippen molar-refractivity contribution in [1.29, 1.82) is 0 Å². The smallest absolute Gasteiger partial charge is 0.312 e. The lowest BCUT2D eigenvalue weighted by Crippen LogP contribution is -2.12. The Bertz CT molecular complexity index is 1060. The van der Waals surface area contributed by atoms with Gasteiger partial charge in [-0.15, -0.1) is 0 Å². The summed E-state index contributed by atoms with van der Waals surface area (Å²) in [5, 5.41) is 18.9. The zero-order valence-corrected chi connectivity index (χ0v) is 16.6. The van der Waals surface area contributed by atoms with Crippen LogP contribution in [0.3, 0.4) is 0 Å². The fourth-order valence-electron chi connectivity index (χ4n) is 2.83.